The fourth-order valence-electron chi connectivity index (χ4n) is 2.88. The number of hydrogen-bond acceptors (Lipinski definition) is 5. The van der Waals surface area contributed by atoms with Crippen molar-refractivity contribution in [1.29, 1.82) is 0 Å². The first-order valence-electron chi connectivity index (χ1n) is 5.83. The lowest BCUT2D eigenvalue weighted by molar-refractivity contribution is -0.244. The summed E-state index contributed by atoms with van der Waals surface area (Å²) in [6.07, 6.45) is -0.707. The minimum atomic E-state index is -0.945. The van der Waals surface area contributed by atoms with Gasteiger partial charge < -0.3 is 24.3 Å². The predicted molar refractivity (Wildman–Crippen MR) is 56.1 cm³/mol. The Labute approximate surface area is 99.5 Å². The highest BCUT2D eigenvalue weighted by Gasteiger charge is 2.67. The first-order valence-corrected chi connectivity index (χ1v) is 5.83. The van der Waals surface area contributed by atoms with Gasteiger partial charge in [-0.05, 0) is 13.8 Å². The van der Waals surface area contributed by atoms with Crippen LogP contribution in [0.4, 0.5) is 0 Å². The quantitative estimate of drug-likeness (QED) is 0.689. The van der Waals surface area contributed by atoms with Crippen LogP contribution in [0.5, 0.6) is 0 Å². The van der Waals surface area contributed by atoms with Crippen molar-refractivity contribution in [2.24, 2.45) is 0 Å². The molecule has 3 heterocycles. The van der Waals surface area contributed by atoms with Gasteiger partial charge in [-0.3, -0.25) is 4.79 Å². The molecule has 3 saturated heterocycles. The molecule has 6 nitrogen and oxygen atoms in total. The largest absolute Gasteiger partial charge is 0.353 e. The van der Waals surface area contributed by atoms with Crippen molar-refractivity contribution in [3.8, 4) is 0 Å². The number of rotatable bonds is 1. The number of carbonyl (C=O) groups is 1. The van der Waals surface area contributed by atoms with Crippen LogP contribution in [0.1, 0.15) is 20.3 Å². The van der Waals surface area contributed by atoms with Gasteiger partial charge >= 0.3 is 0 Å². The van der Waals surface area contributed by atoms with Crippen molar-refractivity contribution in [2.45, 2.75) is 50.2 Å². The molecule has 3 aliphatic heterocycles. The Balaban J connectivity index is 1.95. The number of amides is 1. The molecule has 1 spiro atoms. The van der Waals surface area contributed by atoms with Gasteiger partial charge in [0.15, 0.2) is 17.7 Å². The van der Waals surface area contributed by atoms with Crippen LogP contribution >= 0.6 is 0 Å². The van der Waals surface area contributed by atoms with Crippen molar-refractivity contribution in [3.63, 3.8) is 0 Å². The molecular formula is C11H17NO5. The molecule has 4 atom stereocenters. The molecule has 0 saturated carbocycles. The first-order chi connectivity index (χ1) is 7.98. The van der Waals surface area contributed by atoms with E-state index in [2.05, 4.69) is 5.32 Å². The van der Waals surface area contributed by atoms with Crippen LogP contribution in [0.2, 0.25) is 0 Å². The number of fused-ring (bicyclic) bond motifs is 2. The highest BCUT2D eigenvalue weighted by molar-refractivity contribution is 5.88. The van der Waals surface area contributed by atoms with Crippen LogP contribution in [0.25, 0.3) is 0 Å². The maximum atomic E-state index is 12.0. The molecule has 3 aliphatic rings. The van der Waals surface area contributed by atoms with Crippen molar-refractivity contribution in [1.82, 2.24) is 5.32 Å². The molecule has 6 heteroatoms. The summed E-state index contributed by atoms with van der Waals surface area (Å²) in [5.41, 5.74) is -0.945. The summed E-state index contributed by atoms with van der Waals surface area (Å²) in [5.74, 6) is -0.834. The van der Waals surface area contributed by atoms with E-state index in [1.165, 1.54) is 0 Å². The first kappa shape index (κ1) is 11.4. The second-order valence-corrected chi connectivity index (χ2v) is 5.14. The molecule has 0 radical (unpaired) electrons. The standard InChI is InChI=1S/C11H17NO5/c1-10(2)15-6-7(16-10)11(17-8(6)14-3)4-5-12-9(11)13/h6-8H,4-5H2,1-3H3,(H,12,13)/t6-,7+,8-,11+/m1/s1. The summed E-state index contributed by atoms with van der Waals surface area (Å²) in [6, 6.07) is 0. The molecule has 0 unspecified atom stereocenters. The summed E-state index contributed by atoms with van der Waals surface area (Å²) in [6.45, 7) is 4.26. The topological polar surface area (TPSA) is 66.0 Å². The summed E-state index contributed by atoms with van der Waals surface area (Å²) >= 11 is 0. The minimum Gasteiger partial charge on any atom is -0.353 e. The Bertz CT molecular complexity index is 358. The Morgan fingerprint density at radius 2 is 2.12 bits per heavy atom. The second-order valence-electron chi connectivity index (χ2n) is 5.14. The molecule has 3 fully saturated rings. The van der Waals surface area contributed by atoms with Gasteiger partial charge in [0.05, 0.1) is 0 Å². The zero-order valence-electron chi connectivity index (χ0n) is 10.2. The van der Waals surface area contributed by atoms with Gasteiger partial charge in [-0.2, -0.15) is 0 Å². The van der Waals surface area contributed by atoms with E-state index >= 15 is 0 Å². The van der Waals surface area contributed by atoms with Gasteiger partial charge in [-0.15, -0.1) is 0 Å². The average molecular weight is 243 g/mol. The molecule has 96 valence electrons. The zero-order chi connectivity index (χ0) is 12.3. The third-order valence-corrected chi connectivity index (χ3v) is 3.58. The molecule has 1 N–H and O–H groups in total. The fraction of sp³-hybridized carbons (Fsp3) is 0.909. The Hall–Kier alpha value is -0.690. The van der Waals surface area contributed by atoms with Crippen LogP contribution in [0.3, 0.4) is 0 Å². The third-order valence-electron chi connectivity index (χ3n) is 3.58. The van der Waals surface area contributed by atoms with E-state index in [9.17, 15) is 4.79 Å². The average Bonchev–Trinajstić information content (AvgIpc) is 2.84. The Morgan fingerprint density at radius 3 is 2.71 bits per heavy atom. The second kappa shape index (κ2) is 3.41. The van der Waals surface area contributed by atoms with Crippen LogP contribution in [0, 0.1) is 0 Å². The molecule has 0 aromatic carbocycles. The molecular weight excluding hydrogens is 226 g/mol. The normalized spacial score (nSPS) is 47.5. The molecule has 0 aromatic rings. The fourth-order valence-corrected chi connectivity index (χ4v) is 2.88. The number of hydrogen-bond donors (Lipinski definition) is 1. The van der Waals surface area contributed by atoms with E-state index < -0.39 is 23.8 Å². The summed E-state index contributed by atoms with van der Waals surface area (Å²) in [4.78, 5) is 12.0. The maximum Gasteiger partial charge on any atom is 0.255 e. The van der Waals surface area contributed by atoms with Crippen molar-refractivity contribution in [2.75, 3.05) is 13.7 Å². The van der Waals surface area contributed by atoms with Crippen molar-refractivity contribution < 1.29 is 23.7 Å². The lowest BCUT2D eigenvalue weighted by atomic mass is 9.94. The SMILES string of the molecule is CO[C@@H]1O[C@@]2(CCNC2=O)[C@H]2OC(C)(C)O[C@@H]12. The lowest BCUT2D eigenvalue weighted by Gasteiger charge is -2.28. The molecule has 0 aromatic heterocycles. The van der Waals surface area contributed by atoms with Crippen LogP contribution in [-0.2, 0) is 23.7 Å². The Kier molecular flexibility index (Phi) is 2.29. The van der Waals surface area contributed by atoms with Gasteiger partial charge in [0.25, 0.3) is 5.91 Å². The van der Waals surface area contributed by atoms with Gasteiger partial charge in [0.1, 0.15) is 12.2 Å². The minimum absolute atomic E-state index is 0.131. The molecule has 1 amide bonds. The highest BCUT2D eigenvalue weighted by Crippen LogP contribution is 2.47. The smallest absolute Gasteiger partial charge is 0.255 e. The lowest BCUT2D eigenvalue weighted by Crippen LogP contribution is -2.49. The molecule has 0 bridgehead atoms. The monoisotopic (exact) mass is 243 g/mol. The van der Waals surface area contributed by atoms with E-state index in [1.807, 2.05) is 13.8 Å². The van der Waals surface area contributed by atoms with E-state index in [-0.39, 0.29) is 12.0 Å². The number of ether oxygens (including phenoxy) is 4. The number of carbonyl (C=O) groups excluding carboxylic acids is 1. The van der Waals surface area contributed by atoms with E-state index in [1.54, 1.807) is 7.11 Å². The Morgan fingerprint density at radius 1 is 1.35 bits per heavy atom. The highest BCUT2D eigenvalue weighted by atomic mass is 16.8. The van der Waals surface area contributed by atoms with Crippen LogP contribution < -0.4 is 5.32 Å². The molecule has 0 aliphatic carbocycles. The van der Waals surface area contributed by atoms with E-state index in [0.717, 1.165) is 0 Å². The van der Waals surface area contributed by atoms with E-state index in [0.29, 0.717) is 13.0 Å². The van der Waals surface area contributed by atoms with Crippen LogP contribution in [-0.4, -0.2) is 49.4 Å². The molecule has 17 heavy (non-hydrogen) atoms. The predicted octanol–water partition coefficient (Wildman–Crippen LogP) is -0.232. The van der Waals surface area contributed by atoms with Gasteiger partial charge in [0.2, 0.25) is 0 Å². The van der Waals surface area contributed by atoms with Gasteiger partial charge in [-0.1, -0.05) is 0 Å². The van der Waals surface area contributed by atoms with Crippen molar-refractivity contribution in [3.05, 3.63) is 0 Å². The summed E-state index contributed by atoms with van der Waals surface area (Å²) in [7, 11) is 1.54. The third kappa shape index (κ3) is 1.45. The number of methoxy groups -OCH3 is 1. The van der Waals surface area contributed by atoms with Crippen LogP contribution in [0.15, 0.2) is 0 Å². The maximum absolute atomic E-state index is 12.0. The van der Waals surface area contributed by atoms with Crippen molar-refractivity contribution >= 4 is 5.91 Å². The van der Waals surface area contributed by atoms with Gasteiger partial charge in [-0.25, -0.2) is 0 Å². The summed E-state index contributed by atoms with van der Waals surface area (Å²) < 4.78 is 22.6. The molecule has 3 rings (SSSR count). The van der Waals surface area contributed by atoms with E-state index in [4.69, 9.17) is 18.9 Å². The zero-order valence-corrected chi connectivity index (χ0v) is 10.2. The number of nitrogens with one attached hydrogen (secondary N) is 1. The van der Waals surface area contributed by atoms with Gasteiger partial charge in [0, 0.05) is 20.1 Å². The summed E-state index contributed by atoms with van der Waals surface area (Å²) in [5, 5.41) is 2.78.